The number of aliphatic hydroxyl groups excluding tert-OH is 1. The minimum absolute atomic E-state index is 0.103. The molecule has 0 fully saturated rings. The minimum Gasteiger partial charge on any atom is -0.462 e. The van der Waals surface area contributed by atoms with E-state index >= 15 is 0 Å². The Bertz CT molecular complexity index is 1800. The van der Waals surface area contributed by atoms with E-state index in [9.17, 15) is 43.2 Å². The summed E-state index contributed by atoms with van der Waals surface area (Å²) in [5, 5.41) is 10.6. The van der Waals surface area contributed by atoms with E-state index in [1.54, 1.807) is 0 Å². The van der Waals surface area contributed by atoms with E-state index in [0.29, 0.717) is 31.6 Å². The van der Waals surface area contributed by atoms with Crippen molar-refractivity contribution < 1.29 is 80.2 Å². The topological polar surface area (TPSA) is 237 Å². The van der Waals surface area contributed by atoms with Crippen LogP contribution in [0, 0.1) is 23.7 Å². The zero-order chi connectivity index (χ0) is 67.5. The molecule has 0 saturated heterocycles. The van der Waals surface area contributed by atoms with Crippen LogP contribution in [0.4, 0.5) is 0 Å². The second kappa shape index (κ2) is 61.6. The van der Waals surface area contributed by atoms with E-state index in [-0.39, 0.29) is 25.7 Å². The first-order chi connectivity index (χ1) is 43.6. The normalized spacial score (nSPS) is 14.5. The van der Waals surface area contributed by atoms with Crippen molar-refractivity contribution in [3.05, 3.63) is 0 Å². The van der Waals surface area contributed by atoms with Gasteiger partial charge in [-0.2, -0.15) is 0 Å². The third-order valence-electron chi connectivity index (χ3n) is 16.9. The Morgan fingerprint density at radius 2 is 0.527 bits per heavy atom. The van der Waals surface area contributed by atoms with E-state index in [1.807, 2.05) is 0 Å². The lowest BCUT2D eigenvalue weighted by atomic mass is 9.99. The number of hydrogen-bond acceptors (Lipinski definition) is 15. The van der Waals surface area contributed by atoms with Gasteiger partial charge >= 0.3 is 39.5 Å². The quantitative estimate of drug-likeness (QED) is 0.0222. The standard InChI is InChI=1S/C72H140O17P2/c1-9-65(8)51-43-35-27-18-14-12-10-11-13-15-19-28-36-44-52-69(74)82-58-67(88-71(76)54-46-38-29-20-16-17-24-32-40-48-62(2)3)60-86-90(78,79)84-56-66(73)57-85-91(80,81)87-61-68(59-83-70(75)53-45-37-31-23-26-34-42-50-64(6)7)89-72(77)55-47-39-30-22-21-25-33-41-49-63(4)5/h62-68,73H,9-61H2,1-8H3,(H,78,79)(H,80,81)/t65?,66?,67-,68-/m1/s1. The molecule has 17 nitrogen and oxygen atoms in total. The zero-order valence-corrected chi connectivity index (χ0v) is 61.3. The number of rotatable bonds is 69. The first-order valence-corrected chi connectivity index (χ1v) is 40.2. The second-order valence-electron chi connectivity index (χ2n) is 27.6. The molecule has 19 heteroatoms. The Kier molecular flexibility index (Phi) is 60.3. The Hall–Kier alpha value is -1.94. The molecule has 0 spiro atoms. The van der Waals surface area contributed by atoms with Crippen molar-refractivity contribution in [2.75, 3.05) is 39.6 Å². The summed E-state index contributed by atoms with van der Waals surface area (Å²) in [6, 6.07) is 0. The molecule has 4 unspecified atom stereocenters. The predicted octanol–water partition coefficient (Wildman–Crippen LogP) is 20.5. The molecule has 0 aliphatic carbocycles. The van der Waals surface area contributed by atoms with Crippen LogP contribution in [0.5, 0.6) is 0 Å². The lowest BCUT2D eigenvalue weighted by molar-refractivity contribution is -0.161. The largest absolute Gasteiger partial charge is 0.472 e. The molecule has 0 bridgehead atoms. The van der Waals surface area contributed by atoms with Crippen molar-refractivity contribution in [2.24, 2.45) is 23.7 Å². The number of phosphoric acid groups is 2. The van der Waals surface area contributed by atoms with Crippen LogP contribution in [0.15, 0.2) is 0 Å². The van der Waals surface area contributed by atoms with E-state index in [2.05, 4.69) is 55.4 Å². The van der Waals surface area contributed by atoms with Gasteiger partial charge in [0.15, 0.2) is 12.2 Å². The third kappa shape index (κ3) is 65.1. The highest BCUT2D eigenvalue weighted by molar-refractivity contribution is 7.47. The number of phosphoric ester groups is 2. The Labute approximate surface area is 556 Å². The summed E-state index contributed by atoms with van der Waals surface area (Å²) in [6.07, 6.45) is 44.6. The van der Waals surface area contributed by atoms with Gasteiger partial charge in [-0.3, -0.25) is 37.3 Å². The number of hydrogen-bond donors (Lipinski definition) is 3. The number of aliphatic hydroxyl groups is 1. The molecule has 0 aromatic heterocycles. The van der Waals surface area contributed by atoms with Gasteiger partial charge < -0.3 is 33.8 Å². The molecule has 0 heterocycles. The minimum atomic E-state index is -4.95. The van der Waals surface area contributed by atoms with Gasteiger partial charge in [0.05, 0.1) is 26.4 Å². The second-order valence-corrected chi connectivity index (χ2v) is 30.6. The van der Waals surface area contributed by atoms with Gasteiger partial charge in [0.1, 0.15) is 19.3 Å². The molecule has 0 rings (SSSR count). The fourth-order valence-electron chi connectivity index (χ4n) is 10.8. The molecular weight excluding hydrogens is 1200 g/mol. The van der Waals surface area contributed by atoms with Crippen molar-refractivity contribution >= 4 is 39.5 Å². The molecule has 0 aromatic carbocycles. The van der Waals surface area contributed by atoms with E-state index in [4.69, 9.17) is 37.0 Å². The number of unbranched alkanes of at least 4 members (excludes halogenated alkanes) is 34. The summed E-state index contributed by atoms with van der Waals surface area (Å²) in [5.41, 5.74) is 0. The maximum atomic E-state index is 13.0. The smallest absolute Gasteiger partial charge is 0.462 e. The van der Waals surface area contributed by atoms with Crippen molar-refractivity contribution in [3.8, 4) is 0 Å². The van der Waals surface area contributed by atoms with Crippen molar-refractivity contribution in [1.29, 1.82) is 0 Å². The summed E-state index contributed by atoms with van der Waals surface area (Å²) in [5.74, 6) is 0.880. The number of carbonyl (C=O) groups excluding carboxylic acids is 4. The van der Waals surface area contributed by atoms with Gasteiger partial charge in [-0.05, 0) is 49.4 Å². The summed E-state index contributed by atoms with van der Waals surface area (Å²) < 4.78 is 68.3. The Morgan fingerprint density at radius 3 is 0.780 bits per heavy atom. The molecule has 0 aliphatic heterocycles. The zero-order valence-electron chi connectivity index (χ0n) is 59.5. The molecule has 0 aromatic rings. The molecule has 0 saturated carbocycles. The Balaban J connectivity index is 5.22. The van der Waals surface area contributed by atoms with Gasteiger partial charge in [-0.25, -0.2) is 9.13 Å². The maximum Gasteiger partial charge on any atom is 0.472 e. The number of carbonyl (C=O) groups is 4. The van der Waals surface area contributed by atoms with Crippen molar-refractivity contribution in [2.45, 2.75) is 375 Å². The van der Waals surface area contributed by atoms with Gasteiger partial charge in [-0.15, -0.1) is 0 Å². The van der Waals surface area contributed by atoms with Crippen LogP contribution < -0.4 is 0 Å². The molecular formula is C72H140O17P2. The van der Waals surface area contributed by atoms with Gasteiger partial charge in [0.25, 0.3) is 0 Å². The molecule has 0 amide bonds. The summed E-state index contributed by atoms with van der Waals surface area (Å²) >= 11 is 0. The summed E-state index contributed by atoms with van der Waals surface area (Å²) in [7, 11) is -9.90. The summed E-state index contributed by atoms with van der Waals surface area (Å²) in [6.45, 7) is 14.1. The van der Waals surface area contributed by atoms with Gasteiger partial charge in [-0.1, -0.05) is 306 Å². The van der Waals surface area contributed by atoms with Crippen molar-refractivity contribution in [1.82, 2.24) is 0 Å². The number of ether oxygens (including phenoxy) is 4. The molecule has 540 valence electrons. The fourth-order valence-corrected chi connectivity index (χ4v) is 12.4. The van der Waals surface area contributed by atoms with Crippen LogP contribution in [0.25, 0.3) is 0 Å². The third-order valence-corrected chi connectivity index (χ3v) is 18.8. The van der Waals surface area contributed by atoms with Gasteiger partial charge in [0, 0.05) is 25.7 Å². The first kappa shape index (κ1) is 89.1. The average Bonchev–Trinajstić information content (AvgIpc) is 3.44. The van der Waals surface area contributed by atoms with Crippen molar-refractivity contribution in [3.63, 3.8) is 0 Å². The maximum absolute atomic E-state index is 13.0. The highest BCUT2D eigenvalue weighted by atomic mass is 31.2. The summed E-state index contributed by atoms with van der Waals surface area (Å²) in [4.78, 5) is 72.6. The number of esters is 4. The molecule has 91 heavy (non-hydrogen) atoms. The van der Waals surface area contributed by atoms with E-state index in [0.717, 1.165) is 114 Å². The lowest BCUT2D eigenvalue weighted by Crippen LogP contribution is -2.30. The van der Waals surface area contributed by atoms with Crippen LogP contribution in [-0.4, -0.2) is 96.7 Å². The van der Waals surface area contributed by atoms with E-state index in [1.165, 1.54) is 154 Å². The predicted molar refractivity (Wildman–Crippen MR) is 367 cm³/mol. The van der Waals surface area contributed by atoms with Crippen LogP contribution in [0.1, 0.15) is 357 Å². The van der Waals surface area contributed by atoms with E-state index < -0.39 is 97.5 Å². The monoisotopic (exact) mass is 1340 g/mol. The van der Waals surface area contributed by atoms with Crippen LogP contribution in [-0.2, 0) is 65.4 Å². The average molecular weight is 1340 g/mol. The molecule has 6 atom stereocenters. The van der Waals surface area contributed by atoms with Crippen LogP contribution in [0.3, 0.4) is 0 Å². The van der Waals surface area contributed by atoms with Gasteiger partial charge in [0.2, 0.25) is 0 Å². The lowest BCUT2D eigenvalue weighted by Gasteiger charge is -2.21. The molecule has 0 radical (unpaired) electrons. The molecule has 0 aliphatic rings. The Morgan fingerprint density at radius 1 is 0.308 bits per heavy atom. The first-order valence-electron chi connectivity index (χ1n) is 37.2. The SMILES string of the molecule is CCC(C)CCCCCCCCCCCCCCCCC(=O)OC[C@H](COP(=O)(O)OCC(O)COP(=O)(O)OC[C@@H](COC(=O)CCCCCCCCCC(C)C)OC(=O)CCCCCCCCCCC(C)C)OC(=O)CCCCCCCCCCCC(C)C. The molecule has 3 N–H and O–H groups in total. The highest BCUT2D eigenvalue weighted by Gasteiger charge is 2.30. The van der Waals surface area contributed by atoms with Crippen LogP contribution in [0.2, 0.25) is 0 Å². The highest BCUT2D eigenvalue weighted by Crippen LogP contribution is 2.45. The fraction of sp³-hybridized carbons (Fsp3) is 0.944. The van der Waals surface area contributed by atoms with Crippen LogP contribution >= 0.6 is 15.6 Å².